The molecular formula is C14H22O. The third-order valence-corrected chi connectivity index (χ3v) is 2.81. The Morgan fingerprint density at radius 2 is 2.00 bits per heavy atom. The average molecular weight is 206 g/mol. The largest absolute Gasteiger partial charge is 0.497 e. The molecule has 0 saturated heterocycles. The molecule has 15 heavy (non-hydrogen) atoms. The monoisotopic (exact) mass is 206 g/mol. The van der Waals surface area contributed by atoms with Crippen molar-refractivity contribution >= 4 is 0 Å². The molecule has 1 unspecified atom stereocenters. The summed E-state index contributed by atoms with van der Waals surface area (Å²) in [6, 6.07) is 8.46. The van der Waals surface area contributed by atoms with Crippen LogP contribution >= 0.6 is 0 Å². The van der Waals surface area contributed by atoms with Gasteiger partial charge in [0.05, 0.1) is 7.11 Å². The van der Waals surface area contributed by atoms with Crippen LogP contribution in [0, 0.1) is 5.92 Å². The van der Waals surface area contributed by atoms with Crippen LogP contribution in [0.4, 0.5) is 0 Å². The first kappa shape index (κ1) is 12.1. The van der Waals surface area contributed by atoms with E-state index < -0.39 is 0 Å². The van der Waals surface area contributed by atoms with Crippen LogP contribution in [0.15, 0.2) is 24.3 Å². The van der Waals surface area contributed by atoms with Gasteiger partial charge in [0, 0.05) is 0 Å². The Balaban J connectivity index is 2.81. The van der Waals surface area contributed by atoms with Crippen LogP contribution in [0.1, 0.15) is 45.1 Å². The lowest BCUT2D eigenvalue weighted by molar-refractivity contribution is 0.412. The van der Waals surface area contributed by atoms with Crippen LogP contribution in [0.3, 0.4) is 0 Å². The van der Waals surface area contributed by atoms with E-state index in [1.165, 1.54) is 18.4 Å². The molecule has 0 amide bonds. The maximum Gasteiger partial charge on any atom is 0.119 e. The first-order valence-corrected chi connectivity index (χ1v) is 5.81. The molecule has 1 rings (SSSR count). The Labute approximate surface area is 93.5 Å². The zero-order valence-corrected chi connectivity index (χ0v) is 10.3. The fourth-order valence-corrected chi connectivity index (χ4v) is 2.00. The van der Waals surface area contributed by atoms with Crippen molar-refractivity contribution in [3.63, 3.8) is 0 Å². The highest BCUT2D eigenvalue weighted by Crippen LogP contribution is 2.28. The van der Waals surface area contributed by atoms with E-state index in [0.717, 1.165) is 11.7 Å². The number of ether oxygens (including phenoxy) is 1. The molecule has 0 spiro atoms. The van der Waals surface area contributed by atoms with Crippen LogP contribution in [0.5, 0.6) is 5.75 Å². The molecule has 1 nitrogen and oxygen atoms in total. The molecule has 0 aliphatic heterocycles. The van der Waals surface area contributed by atoms with E-state index in [1.54, 1.807) is 7.11 Å². The van der Waals surface area contributed by atoms with Gasteiger partial charge in [-0.05, 0) is 42.4 Å². The van der Waals surface area contributed by atoms with Gasteiger partial charge in [-0.3, -0.25) is 0 Å². The molecule has 0 saturated carbocycles. The predicted octanol–water partition coefficient (Wildman–Crippen LogP) is 4.23. The van der Waals surface area contributed by atoms with E-state index in [0.29, 0.717) is 5.92 Å². The second-order valence-electron chi connectivity index (χ2n) is 4.51. The zero-order chi connectivity index (χ0) is 11.3. The lowest BCUT2D eigenvalue weighted by Crippen LogP contribution is -2.02. The van der Waals surface area contributed by atoms with Gasteiger partial charge in [-0.1, -0.05) is 32.9 Å². The molecule has 0 radical (unpaired) electrons. The van der Waals surface area contributed by atoms with Crippen molar-refractivity contribution in [2.24, 2.45) is 5.92 Å². The van der Waals surface area contributed by atoms with Gasteiger partial charge in [0.25, 0.3) is 0 Å². The zero-order valence-electron chi connectivity index (χ0n) is 10.3. The third kappa shape index (κ3) is 3.58. The van der Waals surface area contributed by atoms with Gasteiger partial charge in [0.2, 0.25) is 0 Å². The first-order valence-electron chi connectivity index (χ1n) is 5.81. The molecule has 1 atom stereocenters. The summed E-state index contributed by atoms with van der Waals surface area (Å²) in [6.45, 7) is 6.82. The summed E-state index contributed by atoms with van der Waals surface area (Å²) >= 11 is 0. The number of rotatable bonds is 5. The van der Waals surface area contributed by atoms with Crippen LogP contribution in [-0.2, 0) is 0 Å². The van der Waals surface area contributed by atoms with Gasteiger partial charge in [-0.2, -0.15) is 0 Å². The Bertz CT molecular complexity index is 291. The lowest BCUT2D eigenvalue weighted by Gasteiger charge is -2.18. The Morgan fingerprint density at radius 3 is 2.53 bits per heavy atom. The number of hydrogen-bond donors (Lipinski definition) is 0. The molecule has 1 aromatic carbocycles. The van der Waals surface area contributed by atoms with E-state index in [4.69, 9.17) is 4.74 Å². The smallest absolute Gasteiger partial charge is 0.119 e. The highest BCUT2D eigenvalue weighted by Gasteiger charge is 2.11. The van der Waals surface area contributed by atoms with Crippen molar-refractivity contribution in [2.75, 3.05) is 7.11 Å². The minimum absolute atomic E-state index is 0.667. The van der Waals surface area contributed by atoms with Crippen molar-refractivity contribution in [3.05, 3.63) is 29.8 Å². The van der Waals surface area contributed by atoms with Crippen molar-refractivity contribution in [1.82, 2.24) is 0 Å². The van der Waals surface area contributed by atoms with Crippen molar-refractivity contribution in [1.29, 1.82) is 0 Å². The van der Waals surface area contributed by atoms with E-state index in [2.05, 4.69) is 39.0 Å². The topological polar surface area (TPSA) is 9.23 Å². The first-order chi connectivity index (χ1) is 7.17. The van der Waals surface area contributed by atoms with Crippen LogP contribution in [0.25, 0.3) is 0 Å². The molecule has 0 aliphatic rings. The second-order valence-corrected chi connectivity index (χ2v) is 4.51. The van der Waals surface area contributed by atoms with Crippen LogP contribution in [0.2, 0.25) is 0 Å². The highest BCUT2D eigenvalue weighted by molar-refractivity contribution is 5.30. The fourth-order valence-electron chi connectivity index (χ4n) is 2.00. The summed E-state index contributed by atoms with van der Waals surface area (Å²) in [4.78, 5) is 0. The van der Waals surface area contributed by atoms with Crippen molar-refractivity contribution < 1.29 is 4.74 Å². The Morgan fingerprint density at radius 1 is 1.27 bits per heavy atom. The molecule has 0 aliphatic carbocycles. The molecule has 0 heterocycles. The molecular weight excluding hydrogens is 184 g/mol. The van der Waals surface area contributed by atoms with Gasteiger partial charge in [0.1, 0.15) is 5.75 Å². The third-order valence-electron chi connectivity index (χ3n) is 2.81. The van der Waals surface area contributed by atoms with Crippen LogP contribution in [-0.4, -0.2) is 7.11 Å². The maximum absolute atomic E-state index is 5.25. The van der Waals surface area contributed by atoms with Gasteiger partial charge >= 0.3 is 0 Å². The van der Waals surface area contributed by atoms with Crippen LogP contribution < -0.4 is 4.74 Å². The van der Waals surface area contributed by atoms with Gasteiger partial charge < -0.3 is 4.74 Å². The minimum atomic E-state index is 0.667. The van der Waals surface area contributed by atoms with Gasteiger partial charge in [-0.25, -0.2) is 0 Å². The molecule has 0 fully saturated rings. The molecule has 0 aromatic heterocycles. The number of benzene rings is 1. The van der Waals surface area contributed by atoms with E-state index in [9.17, 15) is 0 Å². The van der Waals surface area contributed by atoms with E-state index in [-0.39, 0.29) is 0 Å². The summed E-state index contributed by atoms with van der Waals surface area (Å²) in [6.07, 6.45) is 2.45. The second kappa shape index (κ2) is 5.79. The van der Waals surface area contributed by atoms with Crippen molar-refractivity contribution in [2.45, 2.75) is 39.5 Å². The number of methoxy groups -OCH3 is 1. The number of hydrogen-bond acceptors (Lipinski definition) is 1. The van der Waals surface area contributed by atoms with Crippen molar-refractivity contribution in [3.8, 4) is 5.75 Å². The molecule has 1 aromatic rings. The summed E-state index contributed by atoms with van der Waals surface area (Å²) in [5, 5.41) is 0. The maximum atomic E-state index is 5.25. The van der Waals surface area contributed by atoms with Gasteiger partial charge in [-0.15, -0.1) is 0 Å². The van der Waals surface area contributed by atoms with E-state index >= 15 is 0 Å². The summed E-state index contributed by atoms with van der Waals surface area (Å²) in [5.74, 6) is 2.39. The predicted molar refractivity (Wildman–Crippen MR) is 65.5 cm³/mol. The van der Waals surface area contributed by atoms with Gasteiger partial charge in [0.15, 0.2) is 0 Å². The lowest BCUT2D eigenvalue weighted by atomic mass is 9.88. The normalized spacial score (nSPS) is 12.9. The molecule has 0 N–H and O–H groups in total. The molecule has 1 heteroatoms. The molecule has 0 bridgehead atoms. The summed E-state index contributed by atoms with van der Waals surface area (Å²) in [5.41, 5.74) is 1.41. The molecule has 84 valence electrons. The Hall–Kier alpha value is -0.980. The minimum Gasteiger partial charge on any atom is -0.497 e. The quantitative estimate of drug-likeness (QED) is 0.700. The summed E-state index contributed by atoms with van der Waals surface area (Å²) in [7, 11) is 1.72. The van der Waals surface area contributed by atoms with E-state index in [1.807, 2.05) is 6.07 Å². The summed E-state index contributed by atoms with van der Waals surface area (Å²) < 4.78 is 5.25. The average Bonchev–Trinajstić information content (AvgIpc) is 2.25. The fraction of sp³-hybridized carbons (Fsp3) is 0.571. The highest BCUT2D eigenvalue weighted by atomic mass is 16.5. The standard InChI is InChI=1S/C14H22O/c1-5-12(9-11(2)3)13-7-6-8-14(10-13)15-4/h6-8,10-12H,5,9H2,1-4H3. The SMILES string of the molecule is CCC(CC(C)C)c1cccc(OC)c1. The Kier molecular flexibility index (Phi) is 4.67.